The second-order valence-corrected chi connectivity index (χ2v) is 5.87. The largest absolute Gasteiger partial charge is 0.376 e. The van der Waals surface area contributed by atoms with Crippen molar-refractivity contribution in [3.63, 3.8) is 0 Å². The summed E-state index contributed by atoms with van der Waals surface area (Å²) in [7, 11) is 0. The zero-order valence-electron chi connectivity index (χ0n) is 13.1. The van der Waals surface area contributed by atoms with E-state index >= 15 is 0 Å². The van der Waals surface area contributed by atoms with Crippen molar-refractivity contribution < 1.29 is 4.74 Å². The van der Waals surface area contributed by atoms with Gasteiger partial charge in [0.15, 0.2) is 5.65 Å². The molecule has 23 heavy (non-hydrogen) atoms. The molecule has 0 bridgehead atoms. The number of fused-ring (bicyclic) bond motifs is 1. The van der Waals surface area contributed by atoms with Crippen LogP contribution < -0.4 is 5.32 Å². The smallest absolute Gasteiger partial charge is 0.168 e. The maximum absolute atomic E-state index is 5.65. The third-order valence-corrected chi connectivity index (χ3v) is 4.17. The molecule has 118 valence electrons. The van der Waals surface area contributed by atoms with Crippen molar-refractivity contribution in [3.05, 3.63) is 42.4 Å². The first-order chi connectivity index (χ1) is 11.3. The van der Waals surface area contributed by atoms with E-state index in [2.05, 4.69) is 39.4 Å². The summed E-state index contributed by atoms with van der Waals surface area (Å²) >= 11 is 0. The van der Waals surface area contributed by atoms with Gasteiger partial charge in [0.1, 0.15) is 12.1 Å². The van der Waals surface area contributed by atoms with Crippen LogP contribution in [0.25, 0.3) is 16.7 Å². The summed E-state index contributed by atoms with van der Waals surface area (Å²) in [5.74, 6) is 0.809. The number of nitrogens with zero attached hydrogens (tertiary/aromatic N) is 4. The van der Waals surface area contributed by atoms with E-state index in [0.717, 1.165) is 48.5 Å². The highest BCUT2D eigenvalue weighted by Gasteiger charge is 2.17. The molecule has 1 aliphatic rings. The Morgan fingerprint density at radius 3 is 2.91 bits per heavy atom. The summed E-state index contributed by atoms with van der Waals surface area (Å²) in [6.07, 6.45) is 5.90. The van der Waals surface area contributed by atoms with Gasteiger partial charge in [-0.1, -0.05) is 17.7 Å². The molecular formula is C17H19N5O. The first kappa shape index (κ1) is 14.1. The molecule has 0 radical (unpaired) electrons. The summed E-state index contributed by atoms with van der Waals surface area (Å²) in [6, 6.07) is 8.23. The number of hydrogen-bond acceptors (Lipinski definition) is 5. The van der Waals surface area contributed by atoms with Crippen LogP contribution in [0.3, 0.4) is 0 Å². The lowest BCUT2D eigenvalue weighted by Crippen LogP contribution is -2.19. The van der Waals surface area contributed by atoms with Crippen molar-refractivity contribution >= 4 is 16.9 Å². The monoisotopic (exact) mass is 309 g/mol. The second-order valence-electron chi connectivity index (χ2n) is 5.87. The Morgan fingerprint density at radius 2 is 2.13 bits per heavy atom. The Labute approximate surface area is 134 Å². The number of nitrogens with one attached hydrogen (secondary N) is 1. The fourth-order valence-electron chi connectivity index (χ4n) is 2.88. The molecule has 6 heteroatoms. The lowest BCUT2D eigenvalue weighted by atomic mass is 10.2. The molecule has 0 saturated carbocycles. The number of rotatable bonds is 4. The molecule has 1 saturated heterocycles. The second kappa shape index (κ2) is 5.96. The molecule has 1 N–H and O–H groups in total. The molecule has 0 amide bonds. The van der Waals surface area contributed by atoms with Crippen molar-refractivity contribution in [1.82, 2.24) is 19.7 Å². The standard InChI is InChI=1S/C17H19N5O/c1-12-4-6-13(7-5-12)22-17-15(10-21-22)16(19-11-20-17)18-9-14-3-2-8-23-14/h4-7,10-11,14H,2-3,8-9H2,1H3,(H,18,19,20)/t14-/m1/s1. The number of aromatic nitrogens is 4. The Balaban J connectivity index is 1.64. The van der Waals surface area contributed by atoms with Crippen LogP contribution in [0.15, 0.2) is 36.8 Å². The van der Waals surface area contributed by atoms with Gasteiger partial charge in [-0.15, -0.1) is 0 Å². The molecule has 6 nitrogen and oxygen atoms in total. The van der Waals surface area contributed by atoms with Gasteiger partial charge in [-0.2, -0.15) is 5.10 Å². The summed E-state index contributed by atoms with van der Waals surface area (Å²) in [5.41, 5.74) is 3.02. The van der Waals surface area contributed by atoms with Crippen LogP contribution in [-0.2, 0) is 4.74 Å². The molecule has 3 heterocycles. The maximum Gasteiger partial charge on any atom is 0.168 e. The first-order valence-corrected chi connectivity index (χ1v) is 7.92. The molecule has 1 aromatic carbocycles. The van der Waals surface area contributed by atoms with E-state index in [1.165, 1.54) is 5.56 Å². The summed E-state index contributed by atoms with van der Waals surface area (Å²) in [4.78, 5) is 8.76. The number of anilines is 1. The maximum atomic E-state index is 5.65. The Morgan fingerprint density at radius 1 is 1.26 bits per heavy atom. The molecule has 0 unspecified atom stereocenters. The molecule has 1 atom stereocenters. The van der Waals surface area contributed by atoms with E-state index in [4.69, 9.17) is 4.74 Å². The molecule has 1 fully saturated rings. The van der Waals surface area contributed by atoms with Gasteiger partial charge in [-0.05, 0) is 31.9 Å². The van der Waals surface area contributed by atoms with Crippen LogP contribution in [0.2, 0.25) is 0 Å². The van der Waals surface area contributed by atoms with Gasteiger partial charge in [0.05, 0.1) is 23.4 Å². The van der Waals surface area contributed by atoms with Gasteiger partial charge >= 0.3 is 0 Å². The Hall–Kier alpha value is -2.47. The average Bonchev–Trinajstić information content (AvgIpc) is 3.23. The van der Waals surface area contributed by atoms with Gasteiger partial charge in [0, 0.05) is 13.2 Å². The van der Waals surface area contributed by atoms with E-state index in [-0.39, 0.29) is 6.10 Å². The zero-order valence-corrected chi connectivity index (χ0v) is 13.1. The molecule has 0 spiro atoms. The fourth-order valence-corrected chi connectivity index (χ4v) is 2.88. The minimum absolute atomic E-state index is 0.271. The van der Waals surface area contributed by atoms with E-state index in [1.807, 2.05) is 23.0 Å². The SMILES string of the molecule is Cc1ccc(-n2ncc3c(NC[C@H]4CCCO4)ncnc32)cc1. The van der Waals surface area contributed by atoms with Crippen LogP contribution in [0.4, 0.5) is 5.82 Å². The molecule has 2 aromatic heterocycles. The van der Waals surface area contributed by atoms with Gasteiger partial charge in [-0.3, -0.25) is 0 Å². The van der Waals surface area contributed by atoms with Crippen LogP contribution >= 0.6 is 0 Å². The third-order valence-electron chi connectivity index (χ3n) is 4.17. The van der Waals surface area contributed by atoms with Crippen molar-refractivity contribution in [2.24, 2.45) is 0 Å². The lowest BCUT2D eigenvalue weighted by molar-refractivity contribution is 0.120. The van der Waals surface area contributed by atoms with Crippen molar-refractivity contribution in [2.45, 2.75) is 25.9 Å². The zero-order chi connectivity index (χ0) is 15.6. The van der Waals surface area contributed by atoms with Crippen LogP contribution in [0, 0.1) is 6.92 Å². The topological polar surface area (TPSA) is 64.9 Å². The highest BCUT2D eigenvalue weighted by Crippen LogP contribution is 2.22. The predicted molar refractivity (Wildman–Crippen MR) is 88.9 cm³/mol. The van der Waals surface area contributed by atoms with E-state index < -0.39 is 0 Å². The first-order valence-electron chi connectivity index (χ1n) is 7.92. The van der Waals surface area contributed by atoms with Crippen molar-refractivity contribution in [3.8, 4) is 5.69 Å². The van der Waals surface area contributed by atoms with Crippen molar-refractivity contribution in [1.29, 1.82) is 0 Å². The fraction of sp³-hybridized carbons (Fsp3) is 0.353. The Bertz CT molecular complexity index is 805. The van der Waals surface area contributed by atoms with Crippen LogP contribution in [-0.4, -0.2) is 39.0 Å². The molecule has 3 aromatic rings. The Kier molecular flexibility index (Phi) is 3.67. The third kappa shape index (κ3) is 2.77. The van der Waals surface area contributed by atoms with Gasteiger partial charge in [0.25, 0.3) is 0 Å². The molecular weight excluding hydrogens is 290 g/mol. The highest BCUT2D eigenvalue weighted by atomic mass is 16.5. The quantitative estimate of drug-likeness (QED) is 0.803. The minimum Gasteiger partial charge on any atom is -0.376 e. The highest BCUT2D eigenvalue weighted by molar-refractivity contribution is 5.87. The predicted octanol–water partition coefficient (Wildman–Crippen LogP) is 2.71. The molecule has 1 aliphatic heterocycles. The minimum atomic E-state index is 0.271. The lowest BCUT2D eigenvalue weighted by Gasteiger charge is -2.11. The van der Waals surface area contributed by atoms with Gasteiger partial charge in [0.2, 0.25) is 0 Å². The number of hydrogen-bond donors (Lipinski definition) is 1. The molecule has 0 aliphatic carbocycles. The number of aryl methyl sites for hydroxylation is 1. The van der Waals surface area contributed by atoms with Gasteiger partial charge < -0.3 is 10.1 Å². The van der Waals surface area contributed by atoms with E-state index in [1.54, 1.807) is 6.33 Å². The van der Waals surface area contributed by atoms with E-state index in [0.29, 0.717) is 0 Å². The average molecular weight is 309 g/mol. The van der Waals surface area contributed by atoms with Crippen molar-refractivity contribution in [2.75, 3.05) is 18.5 Å². The normalized spacial score (nSPS) is 17.7. The summed E-state index contributed by atoms with van der Waals surface area (Å²) in [6.45, 7) is 3.69. The number of benzene rings is 1. The van der Waals surface area contributed by atoms with Crippen LogP contribution in [0.5, 0.6) is 0 Å². The summed E-state index contributed by atoms with van der Waals surface area (Å²) < 4.78 is 7.49. The molecule has 4 rings (SSSR count). The van der Waals surface area contributed by atoms with E-state index in [9.17, 15) is 0 Å². The van der Waals surface area contributed by atoms with Crippen LogP contribution in [0.1, 0.15) is 18.4 Å². The van der Waals surface area contributed by atoms with Gasteiger partial charge in [-0.25, -0.2) is 14.6 Å². The number of ether oxygens (including phenoxy) is 1. The summed E-state index contributed by atoms with van der Waals surface area (Å²) in [5, 5.41) is 8.77.